The number of rotatable bonds is 3. The van der Waals surface area contributed by atoms with Crippen LogP contribution in [0.15, 0.2) is 24.3 Å². The van der Waals surface area contributed by atoms with E-state index in [-0.39, 0.29) is 11.7 Å². The minimum Gasteiger partial charge on any atom is -0.395 e. The van der Waals surface area contributed by atoms with Crippen LogP contribution >= 0.6 is 7.60 Å². The van der Waals surface area contributed by atoms with Gasteiger partial charge in [-0.1, -0.05) is 0 Å². The molecular weight excluding hydrogens is 261 g/mol. The second-order valence-electron chi connectivity index (χ2n) is 3.45. The van der Waals surface area contributed by atoms with Crippen molar-refractivity contribution in [1.29, 1.82) is 0 Å². The van der Waals surface area contributed by atoms with Gasteiger partial charge < -0.3 is 19.5 Å². The predicted molar refractivity (Wildman–Crippen MR) is 63.6 cm³/mol. The smallest absolute Gasteiger partial charge is 0.395 e. The summed E-state index contributed by atoms with van der Waals surface area (Å²) in [6.45, 7) is 2.23. The Morgan fingerprint density at radius 1 is 1.28 bits per heavy atom. The van der Waals surface area contributed by atoms with Crippen LogP contribution in [0.1, 0.15) is 6.92 Å². The van der Waals surface area contributed by atoms with Gasteiger partial charge in [0.1, 0.15) is 5.75 Å². The molecule has 2 N–H and O–H groups in total. The van der Waals surface area contributed by atoms with Crippen molar-refractivity contribution in [3.8, 4) is 5.75 Å². The summed E-state index contributed by atoms with van der Waals surface area (Å²) in [5, 5.41) is 2.53. The zero-order valence-electron chi connectivity index (χ0n) is 9.75. The SMILES string of the molecule is CC(=O)Nc1ccc(OC(=O)OP(C)(=O)O)cc1. The highest BCUT2D eigenvalue weighted by molar-refractivity contribution is 7.52. The molecule has 0 bridgehead atoms. The summed E-state index contributed by atoms with van der Waals surface area (Å²) in [5.74, 6) is -0.0992. The van der Waals surface area contributed by atoms with E-state index in [2.05, 4.69) is 14.6 Å². The molecular formula is C10H12NO6P. The van der Waals surface area contributed by atoms with Crippen molar-refractivity contribution in [2.45, 2.75) is 6.92 Å². The van der Waals surface area contributed by atoms with E-state index < -0.39 is 13.8 Å². The maximum atomic E-state index is 11.0. The Morgan fingerprint density at radius 3 is 2.28 bits per heavy atom. The summed E-state index contributed by atoms with van der Waals surface area (Å²) in [4.78, 5) is 30.6. The van der Waals surface area contributed by atoms with Crippen molar-refractivity contribution >= 4 is 25.3 Å². The topological polar surface area (TPSA) is 102 Å². The lowest BCUT2D eigenvalue weighted by atomic mass is 10.3. The molecule has 0 spiro atoms. The molecule has 8 heteroatoms. The molecule has 1 atom stereocenters. The number of hydrogen-bond acceptors (Lipinski definition) is 5. The van der Waals surface area contributed by atoms with Crippen LogP contribution in [0.5, 0.6) is 5.75 Å². The molecule has 0 saturated heterocycles. The number of carbonyl (C=O) groups excluding carboxylic acids is 2. The predicted octanol–water partition coefficient (Wildman–Crippen LogP) is 1.98. The number of benzene rings is 1. The number of nitrogens with one attached hydrogen (secondary N) is 1. The number of anilines is 1. The molecule has 0 aliphatic carbocycles. The number of hydrogen-bond donors (Lipinski definition) is 2. The van der Waals surface area contributed by atoms with Crippen LogP contribution in [0.2, 0.25) is 0 Å². The summed E-state index contributed by atoms with van der Waals surface area (Å²) < 4.78 is 19.5. The van der Waals surface area contributed by atoms with Crippen LogP contribution in [-0.2, 0) is 13.9 Å². The molecule has 7 nitrogen and oxygen atoms in total. The number of ether oxygens (including phenoxy) is 1. The fraction of sp³-hybridized carbons (Fsp3) is 0.200. The van der Waals surface area contributed by atoms with E-state index in [1.807, 2.05) is 0 Å². The normalized spacial score (nSPS) is 13.3. The molecule has 0 aliphatic rings. The van der Waals surface area contributed by atoms with E-state index in [9.17, 15) is 14.2 Å². The Morgan fingerprint density at radius 2 is 1.83 bits per heavy atom. The third kappa shape index (κ3) is 5.47. The minimum atomic E-state index is -3.92. The first-order valence-electron chi connectivity index (χ1n) is 4.85. The van der Waals surface area contributed by atoms with Crippen LogP contribution in [0.25, 0.3) is 0 Å². The van der Waals surface area contributed by atoms with Crippen molar-refractivity contribution in [2.24, 2.45) is 0 Å². The van der Waals surface area contributed by atoms with E-state index >= 15 is 0 Å². The Kier molecular flexibility index (Phi) is 4.47. The summed E-state index contributed by atoms with van der Waals surface area (Å²) >= 11 is 0. The average molecular weight is 273 g/mol. The molecule has 18 heavy (non-hydrogen) atoms. The van der Waals surface area contributed by atoms with Gasteiger partial charge in [0.25, 0.3) is 0 Å². The monoisotopic (exact) mass is 273 g/mol. The van der Waals surface area contributed by atoms with Crippen LogP contribution in [-0.4, -0.2) is 23.6 Å². The summed E-state index contributed by atoms with van der Waals surface area (Å²) in [7, 11) is -3.92. The number of amides is 1. The average Bonchev–Trinajstić information content (AvgIpc) is 2.17. The van der Waals surface area contributed by atoms with Gasteiger partial charge in [0.2, 0.25) is 5.91 Å². The molecule has 98 valence electrons. The maximum absolute atomic E-state index is 11.0. The van der Waals surface area contributed by atoms with Gasteiger partial charge in [-0.2, -0.15) is 0 Å². The zero-order valence-corrected chi connectivity index (χ0v) is 10.6. The third-order valence-electron chi connectivity index (χ3n) is 1.62. The Balaban J connectivity index is 2.61. The van der Waals surface area contributed by atoms with Crippen LogP contribution in [0.3, 0.4) is 0 Å². The molecule has 0 saturated carbocycles. The highest BCUT2D eigenvalue weighted by Gasteiger charge is 2.18. The zero-order chi connectivity index (χ0) is 13.8. The van der Waals surface area contributed by atoms with Crippen molar-refractivity contribution in [1.82, 2.24) is 0 Å². The molecule has 0 aliphatic heterocycles. The van der Waals surface area contributed by atoms with Gasteiger partial charge >= 0.3 is 13.8 Å². The second-order valence-corrected chi connectivity index (χ2v) is 5.24. The summed E-state index contributed by atoms with van der Waals surface area (Å²) in [5.41, 5.74) is 0.534. The van der Waals surface area contributed by atoms with Gasteiger partial charge in [0, 0.05) is 19.3 Å². The first kappa shape index (κ1) is 14.2. The standard InChI is InChI=1S/C10H12NO6P/c1-7(12)11-8-3-5-9(6-4-8)16-10(13)17-18(2,14)15/h3-6H,1-2H3,(H,11,12)(H,14,15). The van der Waals surface area contributed by atoms with E-state index in [0.717, 1.165) is 6.66 Å². The Bertz CT molecular complexity index is 492. The van der Waals surface area contributed by atoms with Crippen molar-refractivity contribution < 1.29 is 28.3 Å². The number of carbonyl (C=O) groups is 2. The molecule has 0 radical (unpaired) electrons. The molecule has 1 amide bonds. The molecule has 1 aromatic carbocycles. The van der Waals surface area contributed by atoms with E-state index in [1.165, 1.54) is 31.2 Å². The second kappa shape index (κ2) is 5.66. The molecule has 1 unspecified atom stereocenters. The van der Waals surface area contributed by atoms with Gasteiger partial charge in [0.15, 0.2) is 0 Å². The molecule has 0 aromatic heterocycles. The Labute approximate surface area is 103 Å². The van der Waals surface area contributed by atoms with Crippen LogP contribution in [0, 0.1) is 0 Å². The molecule has 1 rings (SSSR count). The van der Waals surface area contributed by atoms with Crippen LogP contribution < -0.4 is 10.1 Å². The minimum absolute atomic E-state index is 0.127. The first-order valence-corrected chi connectivity index (χ1v) is 6.88. The Hall–Kier alpha value is -1.85. The van der Waals surface area contributed by atoms with Gasteiger partial charge in [-0.3, -0.25) is 4.79 Å². The third-order valence-corrected chi connectivity index (χ3v) is 2.11. The quantitative estimate of drug-likeness (QED) is 0.496. The molecule has 0 fully saturated rings. The van der Waals surface area contributed by atoms with Crippen molar-refractivity contribution in [3.05, 3.63) is 24.3 Å². The fourth-order valence-electron chi connectivity index (χ4n) is 1.06. The van der Waals surface area contributed by atoms with E-state index in [4.69, 9.17) is 4.89 Å². The lowest BCUT2D eigenvalue weighted by Crippen LogP contribution is -2.09. The van der Waals surface area contributed by atoms with Gasteiger partial charge in [-0.05, 0) is 24.3 Å². The highest BCUT2D eigenvalue weighted by Crippen LogP contribution is 2.37. The largest absolute Gasteiger partial charge is 0.520 e. The lowest BCUT2D eigenvalue weighted by molar-refractivity contribution is -0.114. The van der Waals surface area contributed by atoms with E-state index in [0.29, 0.717) is 5.69 Å². The fourth-order valence-corrected chi connectivity index (χ4v) is 1.38. The molecule has 1 aromatic rings. The summed E-state index contributed by atoms with van der Waals surface area (Å²) in [6.07, 6.45) is -1.27. The van der Waals surface area contributed by atoms with Gasteiger partial charge in [0.05, 0.1) is 0 Å². The van der Waals surface area contributed by atoms with Gasteiger partial charge in [-0.25, -0.2) is 9.36 Å². The molecule has 0 heterocycles. The van der Waals surface area contributed by atoms with Crippen LogP contribution in [0.4, 0.5) is 10.5 Å². The van der Waals surface area contributed by atoms with Crippen molar-refractivity contribution in [2.75, 3.05) is 12.0 Å². The maximum Gasteiger partial charge on any atom is 0.520 e. The van der Waals surface area contributed by atoms with E-state index in [1.54, 1.807) is 0 Å². The van der Waals surface area contributed by atoms with Gasteiger partial charge in [-0.15, -0.1) is 0 Å². The first-order chi connectivity index (χ1) is 8.26. The van der Waals surface area contributed by atoms with Crippen molar-refractivity contribution in [3.63, 3.8) is 0 Å². The lowest BCUT2D eigenvalue weighted by Gasteiger charge is -2.08. The summed E-state index contributed by atoms with van der Waals surface area (Å²) in [6, 6.07) is 5.83. The highest BCUT2D eigenvalue weighted by atomic mass is 31.2.